The second-order valence-corrected chi connectivity index (χ2v) is 6.68. The van der Waals surface area contributed by atoms with E-state index in [1.165, 1.54) is 0 Å². The van der Waals surface area contributed by atoms with E-state index in [0.29, 0.717) is 18.9 Å². The van der Waals surface area contributed by atoms with Gasteiger partial charge >= 0.3 is 5.97 Å². The molecule has 0 aliphatic carbocycles. The monoisotopic (exact) mass is 347 g/mol. The standard InChI is InChI=1S/C18H25N3O4/c1-11(2)8-9-19-16(22)13(10-12-6-4-3-5-7-12)20-17(23)14-15(21-14)18(24)25/h3-7,11,13-15,21H,8-10H2,1-2H3,(H,19,22)(H,20,23)(H,24,25)/t13-,14-,15-/m0/s1. The lowest BCUT2D eigenvalue weighted by molar-refractivity contribution is -0.137. The molecule has 1 aromatic carbocycles. The number of amides is 2. The molecule has 1 aliphatic heterocycles. The van der Waals surface area contributed by atoms with E-state index in [-0.39, 0.29) is 5.91 Å². The van der Waals surface area contributed by atoms with Crippen molar-refractivity contribution in [1.29, 1.82) is 0 Å². The summed E-state index contributed by atoms with van der Waals surface area (Å²) in [5, 5.41) is 17.0. The Morgan fingerprint density at radius 1 is 1.16 bits per heavy atom. The van der Waals surface area contributed by atoms with Crippen LogP contribution in [0.1, 0.15) is 25.8 Å². The summed E-state index contributed by atoms with van der Waals surface area (Å²) in [4.78, 5) is 35.5. The molecule has 0 aromatic heterocycles. The summed E-state index contributed by atoms with van der Waals surface area (Å²) in [6.07, 6.45) is 1.20. The fourth-order valence-electron chi connectivity index (χ4n) is 2.51. The summed E-state index contributed by atoms with van der Waals surface area (Å²) < 4.78 is 0. The van der Waals surface area contributed by atoms with Gasteiger partial charge in [-0.25, -0.2) is 0 Å². The fraction of sp³-hybridized carbons (Fsp3) is 0.500. The summed E-state index contributed by atoms with van der Waals surface area (Å²) in [6.45, 7) is 4.68. The molecule has 1 aromatic rings. The lowest BCUT2D eigenvalue weighted by atomic mass is 10.0. The number of carboxylic acid groups (broad SMARTS) is 1. The first-order valence-electron chi connectivity index (χ1n) is 8.49. The van der Waals surface area contributed by atoms with Crippen LogP contribution in [0.15, 0.2) is 30.3 Å². The van der Waals surface area contributed by atoms with Crippen LogP contribution in [0.2, 0.25) is 0 Å². The van der Waals surface area contributed by atoms with Crippen molar-refractivity contribution in [3.05, 3.63) is 35.9 Å². The molecule has 0 bridgehead atoms. The molecule has 1 aliphatic rings. The minimum absolute atomic E-state index is 0.259. The number of hydrogen-bond donors (Lipinski definition) is 4. The van der Waals surface area contributed by atoms with Gasteiger partial charge < -0.3 is 15.7 Å². The van der Waals surface area contributed by atoms with E-state index in [4.69, 9.17) is 5.11 Å². The largest absolute Gasteiger partial charge is 0.480 e. The summed E-state index contributed by atoms with van der Waals surface area (Å²) in [7, 11) is 0. The Kier molecular flexibility index (Phi) is 6.52. The maximum absolute atomic E-state index is 12.5. The van der Waals surface area contributed by atoms with Crippen LogP contribution in [-0.4, -0.2) is 47.6 Å². The highest BCUT2D eigenvalue weighted by atomic mass is 16.4. The van der Waals surface area contributed by atoms with Gasteiger partial charge in [-0.05, 0) is 17.9 Å². The Balaban J connectivity index is 1.97. The predicted octanol–water partition coefficient (Wildman–Crippen LogP) is 0.301. The quantitative estimate of drug-likeness (QED) is 0.479. The second-order valence-electron chi connectivity index (χ2n) is 6.68. The van der Waals surface area contributed by atoms with E-state index in [1.54, 1.807) is 0 Å². The SMILES string of the molecule is CC(C)CCNC(=O)[C@H](Cc1ccccc1)NC(=O)[C@H]1N[C@@H]1C(=O)O. The molecular weight excluding hydrogens is 322 g/mol. The lowest BCUT2D eigenvalue weighted by Crippen LogP contribution is -2.50. The molecule has 7 nitrogen and oxygen atoms in total. The van der Waals surface area contributed by atoms with Gasteiger partial charge in [0, 0.05) is 13.0 Å². The van der Waals surface area contributed by atoms with E-state index in [9.17, 15) is 14.4 Å². The number of benzene rings is 1. The van der Waals surface area contributed by atoms with Crippen molar-refractivity contribution >= 4 is 17.8 Å². The smallest absolute Gasteiger partial charge is 0.322 e. The molecule has 4 N–H and O–H groups in total. The number of hydrogen-bond acceptors (Lipinski definition) is 4. The first-order chi connectivity index (χ1) is 11.9. The van der Waals surface area contributed by atoms with Gasteiger partial charge in [-0.15, -0.1) is 0 Å². The topological polar surface area (TPSA) is 117 Å². The number of nitrogens with one attached hydrogen (secondary N) is 3. The number of carboxylic acids is 1. The van der Waals surface area contributed by atoms with Crippen molar-refractivity contribution in [2.24, 2.45) is 5.92 Å². The van der Waals surface area contributed by atoms with Crippen molar-refractivity contribution in [3.8, 4) is 0 Å². The zero-order valence-electron chi connectivity index (χ0n) is 14.5. The van der Waals surface area contributed by atoms with Gasteiger partial charge in [0.2, 0.25) is 11.8 Å². The Labute approximate surface area is 147 Å². The Bertz CT molecular complexity index is 618. The predicted molar refractivity (Wildman–Crippen MR) is 92.9 cm³/mol. The van der Waals surface area contributed by atoms with Crippen LogP contribution in [0.25, 0.3) is 0 Å². The van der Waals surface area contributed by atoms with Gasteiger partial charge in [0.25, 0.3) is 0 Å². The second kappa shape index (κ2) is 8.62. The number of aliphatic carboxylic acids is 1. The van der Waals surface area contributed by atoms with Crippen LogP contribution < -0.4 is 16.0 Å². The van der Waals surface area contributed by atoms with Crippen molar-refractivity contribution in [2.75, 3.05) is 6.54 Å². The summed E-state index contributed by atoms with van der Waals surface area (Å²) in [5.41, 5.74) is 0.922. The first kappa shape index (κ1) is 18.9. The highest BCUT2D eigenvalue weighted by molar-refractivity contribution is 5.97. The Morgan fingerprint density at radius 3 is 2.40 bits per heavy atom. The number of carbonyl (C=O) groups is 3. The normalized spacial score (nSPS) is 20.0. The Morgan fingerprint density at radius 2 is 1.84 bits per heavy atom. The van der Waals surface area contributed by atoms with Crippen LogP contribution in [0.5, 0.6) is 0 Å². The molecule has 0 saturated carbocycles. The molecule has 3 atom stereocenters. The van der Waals surface area contributed by atoms with Crippen molar-refractivity contribution in [2.45, 2.75) is 44.8 Å². The molecule has 1 fully saturated rings. The minimum Gasteiger partial charge on any atom is -0.480 e. The third-order valence-corrected chi connectivity index (χ3v) is 4.07. The average molecular weight is 347 g/mol. The third-order valence-electron chi connectivity index (χ3n) is 4.07. The first-order valence-corrected chi connectivity index (χ1v) is 8.49. The molecule has 1 saturated heterocycles. The van der Waals surface area contributed by atoms with E-state index in [2.05, 4.69) is 29.8 Å². The summed E-state index contributed by atoms with van der Waals surface area (Å²) in [5.74, 6) is -1.33. The summed E-state index contributed by atoms with van der Waals surface area (Å²) >= 11 is 0. The molecule has 25 heavy (non-hydrogen) atoms. The van der Waals surface area contributed by atoms with Gasteiger partial charge in [-0.2, -0.15) is 0 Å². The van der Waals surface area contributed by atoms with Gasteiger partial charge in [0.1, 0.15) is 18.1 Å². The maximum atomic E-state index is 12.5. The highest BCUT2D eigenvalue weighted by Gasteiger charge is 2.48. The summed E-state index contributed by atoms with van der Waals surface area (Å²) in [6, 6.07) is 7.00. The minimum atomic E-state index is -1.07. The van der Waals surface area contributed by atoms with Crippen LogP contribution in [-0.2, 0) is 20.8 Å². The lowest BCUT2D eigenvalue weighted by Gasteiger charge is -2.19. The Hall–Kier alpha value is -2.41. The molecule has 0 spiro atoms. The number of rotatable bonds is 9. The van der Waals surface area contributed by atoms with Crippen molar-refractivity contribution in [3.63, 3.8) is 0 Å². The third kappa shape index (κ3) is 5.86. The number of carbonyl (C=O) groups excluding carboxylic acids is 2. The molecule has 1 heterocycles. The van der Waals surface area contributed by atoms with Gasteiger partial charge in [0.15, 0.2) is 0 Å². The molecule has 7 heteroatoms. The van der Waals surface area contributed by atoms with Crippen LogP contribution >= 0.6 is 0 Å². The zero-order chi connectivity index (χ0) is 18.4. The van der Waals surface area contributed by atoms with E-state index in [0.717, 1.165) is 12.0 Å². The van der Waals surface area contributed by atoms with Crippen molar-refractivity contribution in [1.82, 2.24) is 16.0 Å². The van der Waals surface area contributed by atoms with Gasteiger partial charge in [-0.1, -0.05) is 44.2 Å². The van der Waals surface area contributed by atoms with Crippen LogP contribution in [0.3, 0.4) is 0 Å². The average Bonchev–Trinajstić information content (AvgIpc) is 3.35. The van der Waals surface area contributed by atoms with Gasteiger partial charge in [-0.3, -0.25) is 19.7 Å². The molecule has 2 rings (SSSR count). The van der Waals surface area contributed by atoms with E-state index in [1.807, 2.05) is 30.3 Å². The van der Waals surface area contributed by atoms with Crippen LogP contribution in [0.4, 0.5) is 0 Å². The van der Waals surface area contributed by atoms with Crippen LogP contribution in [0, 0.1) is 5.92 Å². The van der Waals surface area contributed by atoms with Crippen molar-refractivity contribution < 1.29 is 19.5 Å². The van der Waals surface area contributed by atoms with E-state index < -0.39 is 30.0 Å². The van der Waals surface area contributed by atoms with Gasteiger partial charge in [0.05, 0.1) is 0 Å². The molecule has 2 amide bonds. The van der Waals surface area contributed by atoms with E-state index >= 15 is 0 Å². The molecule has 0 radical (unpaired) electrons. The fourth-order valence-corrected chi connectivity index (χ4v) is 2.51. The molecular formula is C18H25N3O4. The zero-order valence-corrected chi connectivity index (χ0v) is 14.5. The maximum Gasteiger partial charge on any atom is 0.322 e. The molecule has 0 unspecified atom stereocenters. The highest BCUT2D eigenvalue weighted by Crippen LogP contribution is 2.12. The molecule has 136 valence electrons.